The molecule has 33 heavy (non-hydrogen) atoms. The number of anilines is 1. The first-order valence-corrected chi connectivity index (χ1v) is 11.7. The Labute approximate surface area is 197 Å². The van der Waals surface area contributed by atoms with Crippen molar-refractivity contribution in [2.45, 2.75) is 78.0 Å². The van der Waals surface area contributed by atoms with Crippen LogP contribution in [-0.4, -0.2) is 48.3 Å². The van der Waals surface area contributed by atoms with E-state index in [4.69, 9.17) is 10.5 Å². The van der Waals surface area contributed by atoms with Crippen molar-refractivity contribution in [1.82, 2.24) is 5.32 Å². The molecule has 2 amide bonds. The molecule has 8 heteroatoms. The number of nitrogens with zero attached hydrogens (tertiary/aromatic N) is 2. The van der Waals surface area contributed by atoms with Crippen molar-refractivity contribution in [3.8, 4) is 11.8 Å². The average Bonchev–Trinajstić information content (AvgIpc) is 2.77. The largest absolute Gasteiger partial charge is 0.471 e. The number of carbonyl (C=O) groups excluding carboxylic acids is 2. The van der Waals surface area contributed by atoms with E-state index in [-0.39, 0.29) is 37.1 Å². The summed E-state index contributed by atoms with van der Waals surface area (Å²) in [5, 5.41) is 22.8. The molecule has 0 radical (unpaired) electrons. The van der Waals surface area contributed by atoms with E-state index < -0.39 is 23.7 Å². The molecule has 0 aliphatic carbocycles. The highest BCUT2D eigenvalue weighted by molar-refractivity contribution is 5.95. The number of benzene rings is 1. The first-order chi connectivity index (χ1) is 15.6. The third-order valence-electron chi connectivity index (χ3n) is 6.00. The summed E-state index contributed by atoms with van der Waals surface area (Å²) in [4.78, 5) is 27.0. The highest BCUT2D eigenvalue weighted by atomic mass is 16.5. The van der Waals surface area contributed by atoms with Crippen LogP contribution < -0.4 is 20.7 Å². The van der Waals surface area contributed by atoms with Crippen LogP contribution >= 0.6 is 0 Å². The van der Waals surface area contributed by atoms with Gasteiger partial charge in [0.15, 0.2) is 0 Å². The number of hydrogen-bond acceptors (Lipinski definition) is 6. The molecule has 4 atom stereocenters. The zero-order valence-corrected chi connectivity index (χ0v) is 20.2. The Bertz CT molecular complexity index is 851. The molecule has 0 saturated carbocycles. The van der Waals surface area contributed by atoms with Gasteiger partial charge in [0.1, 0.15) is 11.8 Å². The average molecular weight is 459 g/mol. The fourth-order valence-corrected chi connectivity index (χ4v) is 4.10. The van der Waals surface area contributed by atoms with Crippen LogP contribution in [0.2, 0.25) is 0 Å². The highest BCUT2D eigenvalue weighted by Gasteiger charge is 2.34. The summed E-state index contributed by atoms with van der Waals surface area (Å²) < 4.78 is 5.63. The maximum atomic E-state index is 13.2. The second-order valence-corrected chi connectivity index (χ2v) is 9.77. The topological polar surface area (TPSA) is 129 Å². The Hall–Kier alpha value is -2.63. The van der Waals surface area contributed by atoms with Crippen molar-refractivity contribution in [3.63, 3.8) is 0 Å². The number of nitrogens with two attached hydrogens (primary N) is 1. The fraction of sp³-hybridized carbons (Fsp3) is 0.640. The van der Waals surface area contributed by atoms with Crippen LogP contribution in [0.15, 0.2) is 24.3 Å². The lowest BCUT2D eigenvalue weighted by Crippen LogP contribution is -2.46. The summed E-state index contributed by atoms with van der Waals surface area (Å²) in [5.74, 6) is -0.0382. The summed E-state index contributed by atoms with van der Waals surface area (Å²) in [6, 6.07) is 8.69. The van der Waals surface area contributed by atoms with Crippen molar-refractivity contribution >= 4 is 17.5 Å². The Morgan fingerprint density at radius 1 is 1.39 bits per heavy atom. The molecule has 2 rings (SSSR count). The lowest BCUT2D eigenvalue weighted by Gasteiger charge is -2.35. The van der Waals surface area contributed by atoms with Gasteiger partial charge < -0.3 is 25.8 Å². The minimum Gasteiger partial charge on any atom is -0.471 e. The molecule has 1 aliphatic rings. The van der Waals surface area contributed by atoms with Gasteiger partial charge in [-0.15, -0.1) is 0 Å². The minimum absolute atomic E-state index is 0.0813. The standard InChI is InChI=1S/C25H38N4O4/c1-5-6-11-28-24(32)17(2)12-21(30)19(27)13-25(3,4)14-23(31)29-16-18(15-26)33-22-10-8-7-9-20(22)29/h7-10,17-19,21,30H,5-6,11-14,16,27H2,1-4H3,(H,28,32)/t17-,18?,19+,21+/m1/s1. The molecule has 4 N–H and O–H groups in total. The summed E-state index contributed by atoms with van der Waals surface area (Å²) in [7, 11) is 0. The number of nitriles is 1. The lowest BCUT2D eigenvalue weighted by molar-refractivity contribution is -0.125. The number of ether oxygens (including phenoxy) is 1. The van der Waals surface area contributed by atoms with Gasteiger partial charge in [0.05, 0.1) is 18.3 Å². The van der Waals surface area contributed by atoms with Crippen LogP contribution in [0, 0.1) is 22.7 Å². The molecule has 182 valence electrons. The van der Waals surface area contributed by atoms with E-state index in [0.29, 0.717) is 24.4 Å². The number of para-hydroxylation sites is 2. The van der Waals surface area contributed by atoms with E-state index in [1.807, 2.05) is 19.9 Å². The number of fused-ring (bicyclic) bond motifs is 1. The Morgan fingerprint density at radius 3 is 2.76 bits per heavy atom. The Morgan fingerprint density at radius 2 is 2.09 bits per heavy atom. The van der Waals surface area contributed by atoms with Gasteiger partial charge in [0, 0.05) is 24.9 Å². The van der Waals surface area contributed by atoms with E-state index in [2.05, 4.69) is 18.3 Å². The Kier molecular flexibility index (Phi) is 9.69. The third kappa shape index (κ3) is 7.72. The number of amides is 2. The van der Waals surface area contributed by atoms with Crippen LogP contribution in [0.1, 0.15) is 59.8 Å². The van der Waals surface area contributed by atoms with Crippen molar-refractivity contribution in [3.05, 3.63) is 24.3 Å². The molecular formula is C25H38N4O4. The first-order valence-electron chi connectivity index (χ1n) is 11.7. The number of aliphatic hydroxyl groups is 1. The number of hydrogen-bond donors (Lipinski definition) is 3. The second-order valence-electron chi connectivity index (χ2n) is 9.77. The second kappa shape index (κ2) is 12.0. The number of carbonyl (C=O) groups is 2. The van der Waals surface area contributed by atoms with Crippen molar-refractivity contribution < 1.29 is 19.4 Å². The summed E-state index contributed by atoms with van der Waals surface area (Å²) in [6.07, 6.45) is 1.24. The molecule has 1 unspecified atom stereocenters. The van der Waals surface area contributed by atoms with Crippen molar-refractivity contribution in [2.75, 3.05) is 18.0 Å². The summed E-state index contributed by atoms with van der Waals surface area (Å²) in [5.41, 5.74) is 6.44. The normalized spacial score (nSPS) is 18.3. The number of rotatable bonds is 11. The molecule has 1 aromatic rings. The molecule has 1 aliphatic heterocycles. The highest BCUT2D eigenvalue weighted by Crippen LogP contribution is 2.36. The maximum absolute atomic E-state index is 13.2. The quantitative estimate of drug-likeness (QED) is 0.437. The van der Waals surface area contributed by atoms with Crippen molar-refractivity contribution in [2.24, 2.45) is 17.1 Å². The molecule has 0 aromatic heterocycles. The summed E-state index contributed by atoms with van der Waals surface area (Å²) >= 11 is 0. The predicted molar refractivity (Wildman–Crippen MR) is 128 cm³/mol. The molecule has 0 bridgehead atoms. The fourth-order valence-electron chi connectivity index (χ4n) is 4.10. The zero-order chi connectivity index (χ0) is 24.6. The van der Waals surface area contributed by atoms with Crippen LogP contribution in [0.4, 0.5) is 5.69 Å². The first kappa shape index (κ1) is 26.6. The van der Waals surface area contributed by atoms with E-state index in [1.165, 1.54) is 0 Å². The zero-order valence-electron chi connectivity index (χ0n) is 20.2. The molecular weight excluding hydrogens is 420 g/mol. The molecule has 0 saturated heterocycles. The van der Waals surface area contributed by atoms with Gasteiger partial charge >= 0.3 is 0 Å². The molecule has 0 fully saturated rings. The Balaban J connectivity index is 1.95. The number of nitrogens with one attached hydrogen (secondary N) is 1. The summed E-state index contributed by atoms with van der Waals surface area (Å²) in [6.45, 7) is 8.52. The van der Waals surface area contributed by atoms with Gasteiger partial charge in [0.25, 0.3) is 0 Å². The molecule has 1 heterocycles. The van der Waals surface area contributed by atoms with Crippen LogP contribution in [-0.2, 0) is 9.59 Å². The monoisotopic (exact) mass is 458 g/mol. The van der Waals surface area contributed by atoms with Crippen LogP contribution in [0.25, 0.3) is 0 Å². The molecule has 1 aromatic carbocycles. The van der Waals surface area contributed by atoms with Crippen molar-refractivity contribution in [1.29, 1.82) is 5.26 Å². The van der Waals surface area contributed by atoms with E-state index in [0.717, 1.165) is 12.8 Å². The van der Waals surface area contributed by atoms with Gasteiger partial charge in [-0.05, 0) is 36.8 Å². The molecule has 0 spiro atoms. The lowest BCUT2D eigenvalue weighted by atomic mass is 9.80. The van der Waals surface area contributed by atoms with E-state index in [9.17, 15) is 20.0 Å². The van der Waals surface area contributed by atoms with Gasteiger partial charge in [-0.3, -0.25) is 9.59 Å². The number of aliphatic hydroxyl groups excluding tert-OH is 1. The van der Waals surface area contributed by atoms with Gasteiger partial charge in [0.2, 0.25) is 17.9 Å². The van der Waals surface area contributed by atoms with Gasteiger partial charge in [-0.2, -0.15) is 5.26 Å². The van der Waals surface area contributed by atoms with Gasteiger partial charge in [-0.25, -0.2) is 0 Å². The minimum atomic E-state index is -0.849. The molecule has 8 nitrogen and oxygen atoms in total. The van der Waals surface area contributed by atoms with Crippen LogP contribution in [0.5, 0.6) is 5.75 Å². The SMILES string of the molecule is CCCCNC(=O)[C@H](C)C[C@H](O)[C@@H](N)CC(C)(C)CC(=O)N1CC(C#N)Oc2ccccc21. The van der Waals surface area contributed by atoms with Gasteiger partial charge in [-0.1, -0.05) is 46.2 Å². The van der Waals surface area contributed by atoms with E-state index >= 15 is 0 Å². The van der Waals surface area contributed by atoms with E-state index in [1.54, 1.807) is 30.0 Å². The number of unbranched alkanes of at least 4 members (excludes halogenated alkanes) is 1. The predicted octanol–water partition coefficient (Wildman–Crippen LogP) is 2.74. The maximum Gasteiger partial charge on any atom is 0.227 e. The van der Waals surface area contributed by atoms with Crippen LogP contribution in [0.3, 0.4) is 0 Å². The smallest absolute Gasteiger partial charge is 0.227 e. The third-order valence-corrected chi connectivity index (χ3v) is 6.00.